The van der Waals surface area contributed by atoms with E-state index in [1.54, 1.807) is 54.6 Å². The number of carbonyl (C=O) groups is 2. The highest BCUT2D eigenvalue weighted by Gasteiger charge is 2.47. The lowest BCUT2D eigenvalue weighted by Crippen LogP contribution is -2.29. The number of aliphatic hydroxyl groups excluding tert-OH is 1. The van der Waals surface area contributed by atoms with Crippen LogP contribution in [0.25, 0.3) is 5.76 Å². The summed E-state index contributed by atoms with van der Waals surface area (Å²) in [5.74, 6) is 0.185. The van der Waals surface area contributed by atoms with Gasteiger partial charge in [0.2, 0.25) is 0 Å². The maximum absolute atomic E-state index is 13.2. The SMILES string of the molecule is COc1ccc(C(O)=C2C(=O)C(=O)N(Cc3ccco3)[C@@H]2c2cc(OC)ccc2OC)cc1. The summed E-state index contributed by atoms with van der Waals surface area (Å²) in [5, 5.41) is 11.2. The molecule has 170 valence electrons. The molecular formula is C25H23NO7. The quantitative estimate of drug-likeness (QED) is 0.332. The summed E-state index contributed by atoms with van der Waals surface area (Å²) in [4.78, 5) is 27.7. The monoisotopic (exact) mass is 449 g/mol. The van der Waals surface area contributed by atoms with Crippen molar-refractivity contribution in [1.82, 2.24) is 4.90 Å². The fraction of sp³-hybridized carbons (Fsp3) is 0.200. The number of hydrogen-bond donors (Lipinski definition) is 1. The van der Waals surface area contributed by atoms with Gasteiger partial charge in [-0.2, -0.15) is 0 Å². The van der Waals surface area contributed by atoms with Crippen molar-refractivity contribution in [2.75, 3.05) is 21.3 Å². The molecule has 3 aromatic rings. The topological polar surface area (TPSA) is 98.4 Å². The number of benzene rings is 2. The third-order valence-corrected chi connectivity index (χ3v) is 5.54. The number of likely N-dealkylation sites (tertiary alicyclic amines) is 1. The van der Waals surface area contributed by atoms with Crippen LogP contribution in [0.5, 0.6) is 17.2 Å². The third-order valence-electron chi connectivity index (χ3n) is 5.54. The molecule has 1 amide bonds. The van der Waals surface area contributed by atoms with Gasteiger partial charge in [-0.15, -0.1) is 0 Å². The van der Waals surface area contributed by atoms with Crippen LogP contribution < -0.4 is 14.2 Å². The predicted molar refractivity (Wildman–Crippen MR) is 119 cm³/mol. The van der Waals surface area contributed by atoms with E-state index in [2.05, 4.69) is 0 Å². The number of nitrogens with zero attached hydrogens (tertiary/aromatic N) is 1. The van der Waals surface area contributed by atoms with Crippen LogP contribution in [0.3, 0.4) is 0 Å². The van der Waals surface area contributed by atoms with Crippen LogP contribution in [0.1, 0.15) is 22.9 Å². The minimum absolute atomic E-state index is 0.0298. The number of amides is 1. The van der Waals surface area contributed by atoms with Crippen LogP contribution in [0.4, 0.5) is 0 Å². The number of ether oxygens (including phenoxy) is 3. The second kappa shape index (κ2) is 9.12. The number of methoxy groups -OCH3 is 3. The minimum atomic E-state index is -0.928. The molecule has 0 saturated carbocycles. The van der Waals surface area contributed by atoms with E-state index >= 15 is 0 Å². The van der Waals surface area contributed by atoms with Crippen LogP contribution in [0.2, 0.25) is 0 Å². The highest BCUT2D eigenvalue weighted by atomic mass is 16.5. The van der Waals surface area contributed by atoms with E-state index in [-0.39, 0.29) is 17.9 Å². The largest absolute Gasteiger partial charge is 0.507 e. The van der Waals surface area contributed by atoms with Crippen LogP contribution in [-0.4, -0.2) is 43.0 Å². The van der Waals surface area contributed by atoms with Crippen molar-refractivity contribution in [2.45, 2.75) is 12.6 Å². The van der Waals surface area contributed by atoms with E-state index in [1.807, 2.05) is 0 Å². The number of rotatable bonds is 7. The number of furan rings is 1. The van der Waals surface area contributed by atoms with Gasteiger partial charge >= 0.3 is 0 Å². The zero-order valence-corrected chi connectivity index (χ0v) is 18.4. The van der Waals surface area contributed by atoms with E-state index in [1.165, 1.54) is 32.5 Å². The zero-order valence-electron chi connectivity index (χ0n) is 18.4. The summed E-state index contributed by atoms with van der Waals surface area (Å²) in [6, 6.07) is 14.1. The molecule has 1 fully saturated rings. The minimum Gasteiger partial charge on any atom is -0.507 e. The number of Topliss-reactive ketones (excluding diaryl/α,β-unsaturated/α-hetero) is 1. The fourth-order valence-electron chi connectivity index (χ4n) is 3.89. The van der Waals surface area contributed by atoms with Crippen LogP contribution >= 0.6 is 0 Å². The first-order valence-corrected chi connectivity index (χ1v) is 10.2. The van der Waals surface area contributed by atoms with E-state index in [9.17, 15) is 14.7 Å². The Labute approximate surface area is 190 Å². The Morgan fingerprint density at radius 1 is 0.970 bits per heavy atom. The Morgan fingerprint density at radius 2 is 1.67 bits per heavy atom. The molecule has 1 aromatic heterocycles. The van der Waals surface area contributed by atoms with Crippen molar-refractivity contribution in [3.63, 3.8) is 0 Å². The van der Waals surface area contributed by atoms with Crippen molar-refractivity contribution in [1.29, 1.82) is 0 Å². The Kier molecular flexibility index (Phi) is 6.08. The van der Waals surface area contributed by atoms with E-state index in [4.69, 9.17) is 18.6 Å². The molecule has 2 heterocycles. The molecule has 8 heteroatoms. The van der Waals surface area contributed by atoms with Crippen LogP contribution in [0, 0.1) is 0 Å². The van der Waals surface area contributed by atoms with Gasteiger partial charge in [-0.25, -0.2) is 0 Å². The summed E-state index contributed by atoms with van der Waals surface area (Å²) < 4.78 is 21.5. The molecule has 0 aliphatic carbocycles. The molecule has 4 rings (SSSR count). The number of hydrogen-bond acceptors (Lipinski definition) is 7. The van der Waals surface area contributed by atoms with Crippen molar-refractivity contribution in [3.05, 3.63) is 83.3 Å². The maximum Gasteiger partial charge on any atom is 0.296 e. The first kappa shape index (κ1) is 22.0. The van der Waals surface area contributed by atoms with Crippen molar-refractivity contribution < 1.29 is 33.3 Å². The van der Waals surface area contributed by atoms with Gasteiger partial charge in [-0.3, -0.25) is 9.59 Å². The number of aliphatic hydroxyl groups is 1. The molecule has 8 nitrogen and oxygen atoms in total. The number of ketones is 1. The van der Waals surface area contributed by atoms with Gasteiger partial charge in [0.05, 0.1) is 45.8 Å². The van der Waals surface area contributed by atoms with Gasteiger partial charge in [0.1, 0.15) is 28.8 Å². The summed E-state index contributed by atoms with van der Waals surface area (Å²) in [6.45, 7) is 0.0298. The fourth-order valence-corrected chi connectivity index (χ4v) is 3.89. The molecule has 0 bridgehead atoms. The molecule has 1 aliphatic heterocycles. The first-order valence-electron chi connectivity index (χ1n) is 10.2. The standard InChI is InChI=1S/C25H23NO7/c1-30-16-8-6-15(7-9-16)23(27)21-22(19-13-17(31-2)10-11-20(19)32-3)26(25(29)24(21)28)14-18-5-4-12-33-18/h4-13,22,27H,14H2,1-3H3/t22-/m1/s1. The molecule has 0 unspecified atom stereocenters. The van der Waals surface area contributed by atoms with E-state index in [0.717, 1.165) is 0 Å². The Bertz CT molecular complexity index is 1200. The van der Waals surface area contributed by atoms with Crippen LogP contribution in [-0.2, 0) is 16.1 Å². The summed E-state index contributed by atoms with van der Waals surface area (Å²) in [6.07, 6.45) is 1.49. The Hall–Kier alpha value is -4.20. The molecule has 0 spiro atoms. The molecular weight excluding hydrogens is 426 g/mol. The lowest BCUT2D eigenvalue weighted by Gasteiger charge is -2.26. The molecule has 1 N–H and O–H groups in total. The Balaban J connectivity index is 1.92. The average Bonchev–Trinajstić information content (AvgIpc) is 3.45. The molecule has 2 aromatic carbocycles. The van der Waals surface area contributed by atoms with Gasteiger partial charge in [-0.05, 0) is 54.6 Å². The van der Waals surface area contributed by atoms with Gasteiger partial charge < -0.3 is 28.6 Å². The van der Waals surface area contributed by atoms with Crippen molar-refractivity contribution >= 4 is 17.4 Å². The predicted octanol–water partition coefficient (Wildman–Crippen LogP) is 3.93. The number of carbonyl (C=O) groups excluding carboxylic acids is 2. The zero-order chi connectivity index (χ0) is 23.5. The van der Waals surface area contributed by atoms with Gasteiger partial charge in [-0.1, -0.05) is 0 Å². The summed E-state index contributed by atoms with van der Waals surface area (Å²) in [7, 11) is 4.54. The van der Waals surface area contributed by atoms with Gasteiger partial charge in [0, 0.05) is 11.1 Å². The smallest absolute Gasteiger partial charge is 0.296 e. The van der Waals surface area contributed by atoms with Gasteiger partial charge in [0.15, 0.2) is 0 Å². The van der Waals surface area contributed by atoms with Gasteiger partial charge in [0.25, 0.3) is 11.7 Å². The lowest BCUT2D eigenvalue weighted by molar-refractivity contribution is -0.140. The first-order chi connectivity index (χ1) is 16.0. The molecule has 1 atom stereocenters. The summed E-state index contributed by atoms with van der Waals surface area (Å²) >= 11 is 0. The van der Waals surface area contributed by atoms with Crippen LogP contribution in [0.15, 0.2) is 70.9 Å². The summed E-state index contributed by atoms with van der Waals surface area (Å²) in [5.41, 5.74) is 0.819. The average molecular weight is 449 g/mol. The molecule has 33 heavy (non-hydrogen) atoms. The highest BCUT2D eigenvalue weighted by Crippen LogP contribution is 2.44. The second-order valence-electron chi connectivity index (χ2n) is 7.34. The normalized spacial score (nSPS) is 17.3. The molecule has 1 saturated heterocycles. The lowest BCUT2D eigenvalue weighted by atomic mass is 9.94. The van der Waals surface area contributed by atoms with Crippen molar-refractivity contribution in [3.8, 4) is 17.2 Å². The molecule has 0 radical (unpaired) electrons. The third kappa shape index (κ3) is 4.03. The Morgan fingerprint density at radius 3 is 2.27 bits per heavy atom. The van der Waals surface area contributed by atoms with E-state index < -0.39 is 17.7 Å². The van der Waals surface area contributed by atoms with Crippen molar-refractivity contribution in [2.24, 2.45) is 0 Å². The van der Waals surface area contributed by atoms with E-state index in [0.29, 0.717) is 34.1 Å². The molecule has 1 aliphatic rings. The highest BCUT2D eigenvalue weighted by molar-refractivity contribution is 6.46. The second-order valence-corrected chi connectivity index (χ2v) is 7.34. The maximum atomic E-state index is 13.2.